The predicted molar refractivity (Wildman–Crippen MR) is 119 cm³/mol. The van der Waals surface area contributed by atoms with Crippen molar-refractivity contribution in [1.82, 2.24) is 4.90 Å². The molecule has 3 aromatic rings. The topological polar surface area (TPSA) is 49.4 Å². The number of amides is 2. The lowest BCUT2D eigenvalue weighted by Gasteiger charge is -2.28. The third kappa shape index (κ3) is 3.99. The molecule has 3 aromatic carbocycles. The molecule has 152 valence electrons. The Morgan fingerprint density at radius 1 is 0.967 bits per heavy atom. The number of carbonyl (C=O) groups is 2. The zero-order valence-electron chi connectivity index (χ0n) is 17.6. The van der Waals surface area contributed by atoms with Crippen LogP contribution < -0.4 is 5.32 Å². The molecule has 4 rings (SSSR count). The molecule has 0 radical (unpaired) electrons. The van der Waals surface area contributed by atoms with Gasteiger partial charge in [-0.05, 0) is 49.6 Å². The molecule has 0 aliphatic carbocycles. The first kappa shape index (κ1) is 19.9. The largest absolute Gasteiger partial charge is 0.327 e. The van der Waals surface area contributed by atoms with E-state index in [1.807, 2.05) is 92.4 Å². The van der Waals surface area contributed by atoms with Gasteiger partial charge in [0.05, 0.1) is 12.5 Å². The Morgan fingerprint density at radius 2 is 1.67 bits per heavy atom. The van der Waals surface area contributed by atoms with E-state index in [0.717, 1.165) is 39.1 Å². The van der Waals surface area contributed by atoms with Crippen LogP contribution in [0.1, 0.15) is 50.6 Å². The molecule has 0 fully saturated rings. The summed E-state index contributed by atoms with van der Waals surface area (Å²) in [4.78, 5) is 27.9. The van der Waals surface area contributed by atoms with Crippen LogP contribution in [0.3, 0.4) is 0 Å². The van der Waals surface area contributed by atoms with E-state index >= 15 is 0 Å². The second-order valence-electron chi connectivity index (χ2n) is 8.09. The van der Waals surface area contributed by atoms with Gasteiger partial charge in [-0.2, -0.15) is 0 Å². The molecule has 1 atom stereocenters. The van der Waals surface area contributed by atoms with Crippen molar-refractivity contribution in [2.75, 3.05) is 5.32 Å². The smallest absolute Gasteiger partial charge is 0.255 e. The monoisotopic (exact) mass is 398 g/mol. The van der Waals surface area contributed by atoms with Crippen molar-refractivity contribution in [3.63, 3.8) is 0 Å². The zero-order valence-corrected chi connectivity index (χ0v) is 17.6. The summed E-state index contributed by atoms with van der Waals surface area (Å²) in [6.07, 6.45) is 0.204. The molecule has 1 aliphatic heterocycles. The van der Waals surface area contributed by atoms with Gasteiger partial charge >= 0.3 is 0 Å². The molecule has 2 amide bonds. The van der Waals surface area contributed by atoms with E-state index in [9.17, 15) is 9.59 Å². The summed E-state index contributed by atoms with van der Waals surface area (Å²) in [5.74, 6) is -0.119. The minimum atomic E-state index is -0.323. The van der Waals surface area contributed by atoms with Crippen LogP contribution in [-0.2, 0) is 11.3 Å². The summed E-state index contributed by atoms with van der Waals surface area (Å²) in [5.41, 5.74) is 6.84. The summed E-state index contributed by atoms with van der Waals surface area (Å²) in [7, 11) is 0. The highest BCUT2D eigenvalue weighted by Gasteiger charge is 2.34. The van der Waals surface area contributed by atoms with E-state index in [4.69, 9.17) is 0 Å². The first-order chi connectivity index (χ1) is 14.4. The third-order valence-corrected chi connectivity index (χ3v) is 5.72. The summed E-state index contributed by atoms with van der Waals surface area (Å²) in [5, 5.41) is 3.03. The van der Waals surface area contributed by atoms with Gasteiger partial charge in [-0.3, -0.25) is 9.59 Å². The summed E-state index contributed by atoms with van der Waals surface area (Å²) in [6.45, 7) is 6.57. The average molecular weight is 399 g/mol. The number of carbonyl (C=O) groups excluding carboxylic acids is 2. The summed E-state index contributed by atoms with van der Waals surface area (Å²) in [6, 6.07) is 21.4. The quantitative estimate of drug-likeness (QED) is 0.631. The second kappa shape index (κ2) is 8.15. The van der Waals surface area contributed by atoms with E-state index < -0.39 is 0 Å². The molecule has 1 aliphatic rings. The van der Waals surface area contributed by atoms with Crippen LogP contribution in [0.25, 0.3) is 0 Å². The van der Waals surface area contributed by atoms with Crippen LogP contribution in [0.15, 0.2) is 66.7 Å². The van der Waals surface area contributed by atoms with Crippen LogP contribution in [0.5, 0.6) is 0 Å². The van der Waals surface area contributed by atoms with Gasteiger partial charge in [0.25, 0.3) is 5.91 Å². The zero-order chi connectivity index (χ0) is 21.3. The standard InChI is InChI=1S/C26H26N2O2/c1-17-8-11-20(12-9-17)24(28-16-21-6-4-5-7-22(21)26(28)30)15-25(29)27-23-13-10-18(2)14-19(23)3/h4-14,24H,15-16H2,1-3H3,(H,27,29). The number of nitrogens with one attached hydrogen (secondary N) is 1. The van der Waals surface area contributed by atoms with Crippen LogP contribution in [-0.4, -0.2) is 16.7 Å². The van der Waals surface area contributed by atoms with Crippen molar-refractivity contribution >= 4 is 17.5 Å². The molecule has 4 nitrogen and oxygen atoms in total. The first-order valence-electron chi connectivity index (χ1n) is 10.2. The molecule has 0 saturated carbocycles. The van der Waals surface area contributed by atoms with Crippen LogP contribution in [0.2, 0.25) is 0 Å². The maximum Gasteiger partial charge on any atom is 0.255 e. The lowest BCUT2D eigenvalue weighted by atomic mass is 10.00. The number of fused-ring (bicyclic) bond motifs is 1. The highest BCUT2D eigenvalue weighted by atomic mass is 16.2. The molecule has 0 aromatic heterocycles. The van der Waals surface area contributed by atoms with E-state index in [1.54, 1.807) is 0 Å². The first-order valence-corrected chi connectivity index (χ1v) is 10.2. The van der Waals surface area contributed by atoms with Gasteiger partial charge in [-0.25, -0.2) is 0 Å². The Morgan fingerprint density at radius 3 is 2.37 bits per heavy atom. The molecule has 0 bridgehead atoms. The molecule has 1 N–H and O–H groups in total. The number of hydrogen-bond acceptors (Lipinski definition) is 2. The predicted octanol–water partition coefficient (Wildman–Crippen LogP) is 5.34. The number of hydrogen-bond donors (Lipinski definition) is 1. The fraction of sp³-hybridized carbons (Fsp3) is 0.231. The number of benzene rings is 3. The fourth-order valence-electron chi connectivity index (χ4n) is 4.06. The second-order valence-corrected chi connectivity index (χ2v) is 8.09. The van der Waals surface area contributed by atoms with E-state index in [1.165, 1.54) is 0 Å². The van der Waals surface area contributed by atoms with Gasteiger partial charge in [-0.15, -0.1) is 0 Å². The van der Waals surface area contributed by atoms with Crippen molar-refractivity contribution in [2.45, 2.75) is 39.8 Å². The molecule has 30 heavy (non-hydrogen) atoms. The average Bonchev–Trinajstić information content (AvgIpc) is 3.06. The highest BCUT2D eigenvalue weighted by molar-refractivity contribution is 5.99. The fourth-order valence-corrected chi connectivity index (χ4v) is 4.06. The molecule has 0 spiro atoms. The van der Waals surface area contributed by atoms with Gasteiger partial charge in [0.15, 0.2) is 0 Å². The number of rotatable bonds is 5. The maximum absolute atomic E-state index is 13.1. The van der Waals surface area contributed by atoms with Crippen LogP contribution >= 0.6 is 0 Å². The molecular weight excluding hydrogens is 372 g/mol. The van der Waals surface area contributed by atoms with Crippen LogP contribution in [0.4, 0.5) is 5.69 Å². The van der Waals surface area contributed by atoms with Gasteiger partial charge in [-0.1, -0.05) is 65.7 Å². The van der Waals surface area contributed by atoms with Crippen molar-refractivity contribution in [2.24, 2.45) is 0 Å². The normalized spacial score (nSPS) is 13.8. The number of aryl methyl sites for hydroxylation is 3. The van der Waals surface area contributed by atoms with Crippen LogP contribution in [0, 0.1) is 20.8 Å². The molecular formula is C26H26N2O2. The summed E-state index contributed by atoms with van der Waals surface area (Å²) < 4.78 is 0. The van der Waals surface area contributed by atoms with Gasteiger partial charge in [0, 0.05) is 17.8 Å². The van der Waals surface area contributed by atoms with Crippen molar-refractivity contribution in [3.8, 4) is 0 Å². The van der Waals surface area contributed by atoms with E-state index in [2.05, 4.69) is 5.32 Å². The molecule has 0 saturated heterocycles. The van der Waals surface area contributed by atoms with Crippen molar-refractivity contribution in [1.29, 1.82) is 0 Å². The Hall–Kier alpha value is -3.40. The minimum absolute atomic E-state index is 0.0181. The Kier molecular flexibility index (Phi) is 5.40. The summed E-state index contributed by atoms with van der Waals surface area (Å²) >= 11 is 0. The van der Waals surface area contributed by atoms with Gasteiger partial charge < -0.3 is 10.2 Å². The van der Waals surface area contributed by atoms with E-state index in [0.29, 0.717) is 6.54 Å². The van der Waals surface area contributed by atoms with E-state index in [-0.39, 0.29) is 24.3 Å². The molecule has 1 heterocycles. The van der Waals surface area contributed by atoms with Gasteiger partial charge in [0.1, 0.15) is 0 Å². The molecule has 1 unspecified atom stereocenters. The Labute approximate surface area is 177 Å². The van der Waals surface area contributed by atoms with Gasteiger partial charge in [0.2, 0.25) is 5.91 Å². The Balaban J connectivity index is 1.61. The number of nitrogens with zero attached hydrogens (tertiary/aromatic N) is 1. The Bertz CT molecular complexity index is 1100. The maximum atomic E-state index is 13.1. The minimum Gasteiger partial charge on any atom is -0.327 e. The lowest BCUT2D eigenvalue weighted by Crippen LogP contribution is -2.32. The highest BCUT2D eigenvalue weighted by Crippen LogP contribution is 2.34. The lowest BCUT2D eigenvalue weighted by molar-refractivity contribution is -0.117. The SMILES string of the molecule is Cc1ccc(C(CC(=O)Nc2ccc(C)cc2C)N2Cc3ccccc3C2=O)cc1. The third-order valence-electron chi connectivity index (χ3n) is 5.72. The number of anilines is 1. The molecule has 4 heteroatoms. The van der Waals surface area contributed by atoms with Crippen molar-refractivity contribution in [3.05, 3.63) is 100 Å². The van der Waals surface area contributed by atoms with Crippen molar-refractivity contribution < 1.29 is 9.59 Å².